The molecule has 0 atom stereocenters. The van der Waals surface area contributed by atoms with Gasteiger partial charge in [-0.3, -0.25) is 9.36 Å². The molecule has 5 rings (SSSR count). The maximum Gasteiger partial charge on any atom is 0.270 e. The average Bonchev–Trinajstić information content (AvgIpc) is 3.64. The van der Waals surface area contributed by atoms with Crippen molar-refractivity contribution in [2.75, 3.05) is 26.2 Å². The first-order valence-corrected chi connectivity index (χ1v) is 14.1. The Morgan fingerprint density at radius 3 is 2.82 bits per heavy atom. The highest BCUT2D eigenvalue weighted by Gasteiger charge is 2.18. The lowest BCUT2D eigenvalue weighted by Gasteiger charge is -2.14. The van der Waals surface area contributed by atoms with Gasteiger partial charge in [-0.25, -0.2) is 4.98 Å². The number of hydrogen-bond donors (Lipinski definition) is 1. The Bertz CT molecular complexity index is 1240. The average molecular weight is 511 g/mol. The summed E-state index contributed by atoms with van der Waals surface area (Å²) in [5, 5.41) is 17.6. The van der Waals surface area contributed by atoms with Crippen molar-refractivity contribution in [3.8, 4) is 16.4 Å². The number of carbonyl (C=O) groups excluding carboxylic acids is 1. The molecule has 4 aromatic rings. The van der Waals surface area contributed by atoms with Crippen molar-refractivity contribution in [1.29, 1.82) is 0 Å². The highest BCUT2D eigenvalue weighted by atomic mass is 32.2. The van der Waals surface area contributed by atoms with E-state index in [1.54, 1.807) is 23.1 Å². The number of benzene rings is 1. The van der Waals surface area contributed by atoms with Gasteiger partial charge >= 0.3 is 0 Å². The molecule has 1 amide bonds. The molecule has 1 N–H and O–H groups in total. The van der Waals surface area contributed by atoms with Crippen molar-refractivity contribution in [2.24, 2.45) is 0 Å². The van der Waals surface area contributed by atoms with Crippen molar-refractivity contribution in [1.82, 2.24) is 30.0 Å². The molecule has 0 bridgehead atoms. The predicted octanol–water partition coefficient (Wildman–Crippen LogP) is 4.88. The smallest absolute Gasteiger partial charge is 0.270 e. The molecule has 0 radical (unpaired) electrons. The van der Waals surface area contributed by atoms with Crippen molar-refractivity contribution in [3.63, 3.8) is 0 Å². The summed E-state index contributed by atoms with van der Waals surface area (Å²) in [7, 11) is 0. The van der Waals surface area contributed by atoms with Gasteiger partial charge in [0.05, 0.1) is 16.3 Å². The molecule has 1 aliphatic heterocycles. The molecule has 1 aromatic carbocycles. The number of nitrogens with one attached hydrogen (secondary N) is 1. The second kappa shape index (κ2) is 10.8. The Hall–Kier alpha value is -2.53. The summed E-state index contributed by atoms with van der Waals surface area (Å²) in [5.74, 6) is 1.36. The van der Waals surface area contributed by atoms with Crippen LogP contribution >= 0.6 is 34.4 Å². The third kappa shape index (κ3) is 5.41. The molecule has 3 aromatic heterocycles. The van der Waals surface area contributed by atoms with Gasteiger partial charge in [0.15, 0.2) is 11.0 Å². The number of nitrogens with zero attached hydrogens (tertiary/aromatic N) is 5. The maximum atomic E-state index is 12.5. The zero-order valence-corrected chi connectivity index (χ0v) is 21.4. The lowest BCUT2D eigenvalue weighted by Crippen LogP contribution is -2.33. The van der Waals surface area contributed by atoms with Gasteiger partial charge in [0.2, 0.25) is 0 Å². The van der Waals surface area contributed by atoms with Gasteiger partial charge in [0.1, 0.15) is 10.7 Å². The van der Waals surface area contributed by atoms with Gasteiger partial charge in [0, 0.05) is 18.5 Å². The van der Waals surface area contributed by atoms with Crippen LogP contribution in [-0.4, -0.2) is 56.7 Å². The monoisotopic (exact) mass is 510 g/mol. The van der Waals surface area contributed by atoms with Crippen molar-refractivity contribution >= 4 is 40.3 Å². The fourth-order valence-corrected chi connectivity index (χ4v) is 6.40. The van der Waals surface area contributed by atoms with Crippen molar-refractivity contribution in [3.05, 3.63) is 63.4 Å². The fraction of sp³-hybridized carbons (Fsp3) is 0.333. The summed E-state index contributed by atoms with van der Waals surface area (Å²) in [6, 6.07) is 12.4. The molecule has 1 saturated heterocycles. The largest absolute Gasteiger partial charge is 0.349 e. The van der Waals surface area contributed by atoms with Crippen LogP contribution < -0.4 is 5.32 Å². The molecular formula is C24H26N6OS3. The number of thiazole rings is 1. The van der Waals surface area contributed by atoms with Crippen LogP contribution in [0.3, 0.4) is 0 Å². The number of aromatic nitrogens is 4. The number of thiophene rings is 1. The van der Waals surface area contributed by atoms with Gasteiger partial charge in [-0.15, -0.1) is 32.9 Å². The minimum Gasteiger partial charge on any atom is -0.349 e. The number of amides is 1. The molecule has 1 aliphatic rings. The summed E-state index contributed by atoms with van der Waals surface area (Å²) < 4.78 is 2.10. The third-order valence-electron chi connectivity index (χ3n) is 5.66. The van der Waals surface area contributed by atoms with Gasteiger partial charge < -0.3 is 10.2 Å². The Morgan fingerprint density at radius 2 is 2.03 bits per heavy atom. The van der Waals surface area contributed by atoms with Crippen LogP contribution in [0.4, 0.5) is 0 Å². The van der Waals surface area contributed by atoms with Crippen LogP contribution in [0.5, 0.6) is 0 Å². The lowest BCUT2D eigenvalue weighted by atomic mass is 10.2. The molecule has 0 aliphatic carbocycles. The summed E-state index contributed by atoms with van der Waals surface area (Å²) in [5.41, 5.74) is 2.70. The summed E-state index contributed by atoms with van der Waals surface area (Å²) in [6.07, 6.45) is 2.51. The number of thioether (sulfide) groups is 1. The van der Waals surface area contributed by atoms with E-state index in [9.17, 15) is 4.79 Å². The molecule has 0 saturated carbocycles. The van der Waals surface area contributed by atoms with E-state index in [1.165, 1.54) is 29.7 Å². The third-order valence-corrected chi connectivity index (χ3v) is 8.49. The van der Waals surface area contributed by atoms with Crippen molar-refractivity contribution < 1.29 is 4.79 Å². The second-order valence-electron chi connectivity index (χ2n) is 8.18. The minimum absolute atomic E-state index is 0.102. The minimum atomic E-state index is -0.102. The van der Waals surface area contributed by atoms with Gasteiger partial charge in [-0.2, -0.15) is 0 Å². The molecule has 10 heteroatoms. The maximum absolute atomic E-state index is 12.5. The summed E-state index contributed by atoms with van der Waals surface area (Å²) in [6.45, 7) is 5.91. The summed E-state index contributed by atoms with van der Waals surface area (Å²) in [4.78, 5) is 20.5. The van der Waals surface area contributed by atoms with Crippen LogP contribution in [0.15, 0.2) is 52.3 Å². The number of likely N-dealkylation sites (tertiary alicyclic amines) is 1. The van der Waals surface area contributed by atoms with Crippen molar-refractivity contribution in [2.45, 2.75) is 30.7 Å². The highest BCUT2D eigenvalue weighted by molar-refractivity contribution is 7.98. The first kappa shape index (κ1) is 23.2. The van der Waals surface area contributed by atoms with Gasteiger partial charge in [-0.05, 0) is 62.0 Å². The van der Waals surface area contributed by atoms with Gasteiger partial charge in [0.25, 0.3) is 5.91 Å². The first-order chi connectivity index (χ1) is 16.7. The molecule has 0 spiro atoms. The van der Waals surface area contributed by atoms with E-state index in [4.69, 9.17) is 0 Å². The normalized spacial score (nSPS) is 14.0. The van der Waals surface area contributed by atoms with E-state index in [0.29, 0.717) is 18.0 Å². The van der Waals surface area contributed by atoms with Crippen LogP contribution in [0.1, 0.15) is 33.9 Å². The zero-order chi connectivity index (χ0) is 23.3. The first-order valence-electron chi connectivity index (χ1n) is 11.3. The van der Waals surface area contributed by atoms with E-state index in [0.717, 1.165) is 46.2 Å². The molecule has 34 heavy (non-hydrogen) atoms. The van der Waals surface area contributed by atoms with E-state index in [2.05, 4.69) is 61.2 Å². The standard InChI is InChI=1S/C24H26N6OS3/c1-17-6-4-7-18(14-17)30-22(20-8-5-13-32-20)27-28-24(30)34-16-21-26-19(15-33-21)23(31)25-9-12-29-10-2-3-11-29/h4-8,13-15H,2-3,9-12,16H2,1H3,(H,25,31). The Balaban J connectivity index is 1.26. The molecule has 7 nitrogen and oxygen atoms in total. The second-order valence-corrected chi connectivity index (χ2v) is 11.0. The SMILES string of the molecule is Cc1cccc(-n2c(SCc3nc(C(=O)NCCN4CCCC4)cs3)nnc2-c2cccs2)c1. The molecular weight excluding hydrogens is 485 g/mol. The Kier molecular flexibility index (Phi) is 7.39. The van der Waals surface area contributed by atoms with Crippen LogP contribution in [0.2, 0.25) is 0 Å². The zero-order valence-electron chi connectivity index (χ0n) is 18.9. The highest BCUT2D eigenvalue weighted by Crippen LogP contribution is 2.32. The number of rotatable bonds is 9. The number of aryl methyl sites for hydroxylation is 1. The van der Waals surface area contributed by atoms with E-state index in [-0.39, 0.29) is 5.91 Å². The number of hydrogen-bond acceptors (Lipinski definition) is 8. The van der Waals surface area contributed by atoms with E-state index in [1.807, 2.05) is 22.9 Å². The van der Waals surface area contributed by atoms with E-state index < -0.39 is 0 Å². The lowest BCUT2D eigenvalue weighted by molar-refractivity contribution is 0.0945. The molecule has 0 unspecified atom stereocenters. The topological polar surface area (TPSA) is 75.9 Å². The predicted molar refractivity (Wildman–Crippen MR) is 139 cm³/mol. The summed E-state index contributed by atoms with van der Waals surface area (Å²) >= 11 is 4.74. The quantitative estimate of drug-likeness (QED) is 0.324. The molecule has 176 valence electrons. The Labute approximate surface area is 211 Å². The molecule has 1 fully saturated rings. The fourth-order valence-electron chi connectivity index (χ4n) is 3.96. The van der Waals surface area contributed by atoms with Crippen LogP contribution in [0, 0.1) is 6.92 Å². The van der Waals surface area contributed by atoms with Crippen LogP contribution in [0.25, 0.3) is 16.4 Å². The van der Waals surface area contributed by atoms with E-state index >= 15 is 0 Å². The number of carbonyl (C=O) groups is 1. The van der Waals surface area contributed by atoms with Crippen LogP contribution in [-0.2, 0) is 5.75 Å². The molecule has 4 heterocycles. The Morgan fingerprint density at radius 1 is 1.15 bits per heavy atom. The van der Waals surface area contributed by atoms with Gasteiger partial charge in [-0.1, -0.05) is 30.0 Å².